The van der Waals surface area contributed by atoms with Crippen molar-refractivity contribution in [2.75, 3.05) is 32.7 Å². The molecule has 1 saturated carbocycles. The quantitative estimate of drug-likeness (QED) is 0.397. The number of aromatic nitrogens is 5. The Morgan fingerprint density at radius 2 is 2.06 bits per heavy atom. The fraction of sp³-hybridized carbons (Fsp3) is 0.480. The molecule has 0 bridgehead atoms. The van der Waals surface area contributed by atoms with Crippen LogP contribution in [0.25, 0.3) is 27.9 Å². The van der Waals surface area contributed by atoms with Crippen LogP contribution < -0.4 is 4.74 Å². The summed E-state index contributed by atoms with van der Waals surface area (Å²) >= 11 is 0. The van der Waals surface area contributed by atoms with Gasteiger partial charge in [0.25, 0.3) is 0 Å². The van der Waals surface area contributed by atoms with Crippen molar-refractivity contribution in [3.05, 3.63) is 42.0 Å². The zero-order valence-corrected chi connectivity index (χ0v) is 21.6. The van der Waals surface area contributed by atoms with Gasteiger partial charge in [0.05, 0.1) is 29.6 Å². The van der Waals surface area contributed by atoms with E-state index in [9.17, 15) is 8.42 Å². The Labute approximate surface area is 205 Å². The van der Waals surface area contributed by atoms with E-state index in [0.29, 0.717) is 29.9 Å². The monoisotopic (exact) mass is 496 g/mol. The first-order chi connectivity index (χ1) is 16.6. The number of nitrogens with one attached hydrogen (secondary N) is 1. The third kappa shape index (κ3) is 4.52. The van der Waals surface area contributed by atoms with Crippen molar-refractivity contribution < 1.29 is 13.2 Å². The summed E-state index contributed by atoms with van der Waals surface area (Å²) in [5, 5.41) is 4.30. The molecule has 35 heavy (non-hydrogen) atoms. The van der Waals surface area contributed by atoms with Gasteiger partial charge in [-0.15, -0.1) is 0 Å². The van der Waals surface area contributed by atoms with Crippen molar-refractivity contribution in [2.24, 2.45) is 0 Å². The number of methoxy groups -OCH3 is 1. The van der Waals surface area contributed by atoms with E-state index < -0.39 is 9.84 Å². The molecule has 9 nitrogen and oxygen atoms in total. The fourth-order valence-electron chi connectivity index (χ4n) is 4.98. The first kappa shape index (κ1) is 23.7. The number of ether oxygens (including phenoxy) is 1. The predicted molar refractivity (Wildman–Crippen MR) is 137 cm³/mol. The molecule has 4 aromatic heterocycles. The molecular weight excluding hydrogens is 464 g/mol. The predicted octanol–water partition coefficient (Wildman–Crippen LogP) is 3.63. The highest BCUT2D eigenvalue weighted by Crippen LogP contribution is 2.41. The van der Waals surface area contributed by atoms with E-state index in [4.69, 9.17) is 9.72 Å². The second kappa shape index (κ2) is 8.91. The van der Waals surface area contributed by atoms with E-state index >= 15 is 0 Å². The molecule has 0 amide bonds. The number of nitrogens with zero attached hydrogens (tertiary/aromatic N) is 5. The smallest absolute Gasteiger partial charge is 0.197 e. The van der Waals surface area contributed by atoms with Crippen LogP contribution in [0, 0.1) is 0 Å². The molecule has 0 saturated heterocycles. The minimum absolute atomic E-state index is 0.198. The van der Waals surface area contributed by atoms with Crippen molar-refractivity contribution in [3.8, 4) is 17.0 Å². The molecule has 1 aliphatic rings. The molecule has 1 aliphatic carbocycles. The fourth-order valence-corrected chi connectivity index (χ4v) is 5.60. The first-order valence-electron chi connectivity index (χ1n) is 11.9. The Morgan fingerprint density at radius 1 is 1.29 bits per heavy atom. The van der Waals surface area contributed by atoms with E-state index in [0.717, 1.165) is 40.8 Å². The highest BCUT2D eigenvalue weighted by atomic mass is 32.2. The normalized spacial score (nSPS) is 18.6. The molecule has 0 radical (unpaired) electrons. The number of fused-ring (bicyclic) bond motifs is 2. The summed E-state index contributed by atoms with van der Waals surface area (Å²) in [6.45, 7) is 4.94. The number of pyridine rings is 2. The average Bonchev–Trinajstić information content (AvgIpc) is 3.39. The third-order valence-corrected chi connectivity index (χ3v) is 8.02. The minimum Gasteiger partial charge on any atom is -0.493 e. The van der Waals surface area contributed by atoms with Gasteiger partial charge < -0.3 is 14.6 Å². The minimum atomic E-state index is -2.95. The summed E-state index contributed by atoms with van der Waals surface area (Å²) < 4.78 is 30.3. The number of H-pyrrole nitrogens is 1. The standard InChI is InChI=1S/C25H32N6O3S/c1-15(2)22-23(17-12-21(34-4)25-26-14-27-31(25)13-17)29-20-7-6-19(28-24(20)22)16-10-18(11-16)30(3)8-9-35(5,32)33/h6-7,12-16,18,29H,8-11H2,1-5H3. The van der Waals surface area contributed by atoms with Gasteiger partial charge in [0.2, 0.25) is 0 Å². The molecule has 4 heterocycles. The summed E-state index contributed by atoms with van der Waals surface area (Å²) in [7, 11) is 0.704. The molecule has 1 fully saturated rings. The topological polar surface area (TPSA) is 105 Å². The lowest BCUT2D eigenvalue weighted by Crippen LogP contribution is -2.43. The largest absolute Gasteiger partial charge is 0.493 e. The van der Waals surface area contributed by atoms with Crippen molar-refractivity contribution in [2.45, 2.75) is 44.6 Å². The van der Waals surface area contributed by atoms with Gasteiger partial charge in [0.1, 0.15) is 16.2 Å². The van der Waals surface area contributed by atoms with Gasteiger partial charge in [-0.1, -0.05) is 13.8 Å². The van der Waals surface area contributed by atoms with Crippen LogP contribution in [0.4, 0.5) is 0 Å². The molecule has 10 heteroatoms. The van der Waals surface area contributed by atoms with E-state index in [1.807, 2.05) is 19.3 Å². The Morgan fingerprint density at radius 3 is 2.74 bits per heavy atom. The lowest BCUT2D eigenvalue weighted by Gasteiger charge is -2.41. The zero-order chi connectivity index (χ0) is 24.9. The maximum Gasteiger partial charge on any atom is 0.197 e. The molecule has 4 aromatic rings. The lowest BCUT2D eigenvalue weighted by molar-refractivity contribution is 0.142. The molecule has 186 valence electrons. The zero-order valence-electron chi connectivity index (χ0n) is 20.8. The summed E-state index contributed by atoms with van der Waals surface area (Å²) in [4.78, 5) is 15.2. The van der Waals surface area contributed by atoms with Crippen LogP contribution in [0.15, 0.2) is 30.7 Å². The number of rotatable bonds is 8. The van der Waals surface area contributed by atoms with Crippen LogP contribution in [0.5, 0.6) is 5.75 Å². The Bertz CT molecular complexity index is 1480. The molecule has 0 atom stereocenters. The van der Waals surface area contributed by atoms with Crippen molar-refractivity contribution in [1.29, 1.82) is 0 Å². The molecule has 5 rings (SSSR count). The number of sulfone groups is 1. The second-order valence-corrected chi connectivity index (χ2v) is 12.2. The van der Waals surface area contributed by atoms with Gasteiger partial charge >= 0.3 is 0 Å². The van der Waals surface area contributed by atoms with Gasteiger partial charge in [-0.2, -0.15) is 5.10 Å². The first-order valence-corrected chi connectivity index (χ1v) is 14.0. The van der Waals surface area contributed by atoms with Crippen LogP contribution in [-0.2, 0) is 9.84 Å². The molecule has 0 aromatic carbocycles. The molecule has 0 unspecified atom stereocenters. The van der Waals surface area contributed by atoms with Crippen molar-refractivity contribution in [3.63, 3.8) is 0 Å². The number of hydrogen-bond acceptors (Lipinski definition) is 7. The van der Waals surface area contributed by atoms with Gasteiger partial charge in [0.15, 0.2) is 11.4 Å². The highest BCUT2D eigenvalue weighted by Gasteiger charge is 2.34. The summed E-state index contributed by atoms with van der Waals surface area (Å²) in [5.41, 5.74) is 6.94. The van der Waals surface area contributed by atoms with Crippen molar-refractivity contribution >= 4 is 26.5 Å². The maximum atomic E-state index is 11.5. The van der Waals surface area contributed by atoms with Gasteiger partial charge in [-0.3, -0.25) is 4.98 Å². The van der Waals surface area contributed by atoms with Crippen LogP contribution >= 0.6 is 0 Å². The summed E-state index contributed by atoms with van der Waals surface area (Å²) in [5.74, 6) is 1.51. The van der Waals surface area contributed by atoms with Crippen LogP contribution in [-0.4, -0.2) is 76.6 Å². The molecule has 0 spiro atoms. The summed E-state index contributed by atoms with van der Waals surface area (Å²) in [6.07, 6.45) is 6.77. The van der Waals surface area contributed by atoms with Crippen LogP contribution in [0.2, 0.25) is 0 Å². The van der Waals surface area contributed by atoms with E-state index in [-0.39, 0.29) is 11.7 Å². The molecular formula is C25H32N6O3S. The van der Waals surface area contributed by atoms with E-state index in [1.165, 1.54) is 18.1 Å². The van der Waals surface area contributed by atoms with Gasteiger partial charge in [-0.05, 0) is 44.0 Å². The van der Waals surface area contributed by atoms with E-state index in [1.54, 1.807) is 11.6 Å². The Kier molecular flexibility index (Phi) is 6.04. The Hall–Kier alpha value is -2.98. The van der Waals surface area contributed by atoms with E-state index in [2.05, 4.69) is 45.9 Å². The van der Waals surface area contributed by atoms with Crippen LogP contribution in [0.1, 0.15) is 49.8 Å². The SMILES string of the molecule is COc1cc(-c2[nH]c3ccc(C4CC(N(C)CCS(C)(=O)=O)C4)nc3c2C(C)C)cn2ncnc12. The third-order valence-electron chi connectivity index (χ3n) is 7.10. The number of aromatic amines is 1. The number of hydrogen-bond donors (Lipinski definition) is 1. The van der Waals surface area contributed by atoms with Crippen LogP contribution in [0.3, 0.4) is 0 Å². The molecule has 1 N–H and O–H groups in total. The van der Waals surface area contributed by atoms with Gasteiger partial charge in [-0.25, -0.2) is 17.9 Å². The highest BCUT2D eigenvalue weighted by molar-refractivity contribution is 7.90. The Balaban J connectivity index is 1.44. The maximum absolute atomic E-state index is 11.5. The van der Waals surface area contributed by atoms with Gasteiger partial charge in [0, 0.05) is 47.8 Å². The van der Waals surface area contributed by atoms with Crippen molar-refractivity contribution in [1.82, 2.24) is 29.5 Å². The lowest BCUT2D eigenvalue weighted by atomic mass is 9.77. The second-order valence-electron chi connectivity index (χ2n) is 9.96. The summed E-state index contributed by atoms with van der Waals surface area (Å²) in [6, 6.07) is 6.63. The molecule has 0 aliphatic heterocycles. The average molecular weight is 497 g/mol.